The van der Waals surface area contributed by atoms with E-state index in [2.05, 4.69) is 12.2 Å². The third-order valence-corrected chi connectivity index (χ3v) is 3.30. The van der Waals surface area contributed by atoms with Gasteiger partial charge in [-0.2, -0.15) is 0 Å². The van der Waals surface area contributed by atoms with Gasteiger partial charge in [-0.1, -0.05) is 13.0 Å². The van der Waals surface area contributed by atoms with Gasteiger partial charge in [0.15, 0.2) is 0 Å². The molecule has 1 saturated carbocycles. The minimum absolute atomic E-state index is 0.126. The topological polar surface area (TPSA) is 12.0 Å². The van der Waals surface area contributed by atoms with E-state index in [1.165, 1.54) is 18.4 Å². The molecule has 0 atom stereocenters. The van der Waals surface area contributed by atoms with Gasteiger partial charge in [0.2, 0.25) is 0 Å². The van der Waals surface area contributed by atoms with Crippen molar-refractivity contribution < 1.29 is 4.39 Å². The Morgan fingerprint density at radius 2 is 2.13 bits per heavy atom. The number of hydrogen-bond donors (Lipinski definition) is 1. The lowest BCUT2D eigenvalue weighted by Gasteiger charge is -2.37. The van der Waals surface area contributed by atoms with Crippen molar-refractivity contribution in [3.8, 4) is 0 Å². The van der Waals surface area contributed by atoms with Crippen molar-refractivity contribution in [2.24, 2.45) is 0 Å². The predicted octanol–water partition coefficient (Wildman–Crippen LogP) is 2.99. The fourth-order valence-electron chi connectivity index (χ4n) is 2.42. The van der Waals surface area contributed by atoms with Crippen LogP contribution in [0.4, 0.5) is 4.39 Å². The summed E-state index contributed by atoms with van der Waals surface area (Å²) in [7, 11) is 0. The molecule has 0 aliphatic heterocycles. The molecule has 2 rings (SSSR count). The van der Waals surface area contributed by atoms with Gasteiger partial charge in [-0.15, -0.1) is 0 Å². The van der Waals surface area contributed by atoms with Gasteiger partial charge in [-0.25, -0.2) is 4.39 Å². The first-order chi connectivity index (χ1) is 7.20. The lowest BCUT2D eigenvalue weighted by Crippen LogP contribution is -2.40. The van der Waals surface area contributed by atoms with Crippen LogP contribution in [0.15, 0.2) is 18.2 Å². The first-order valence-corrected chi connectivity index (χ1v) is 5.70. The molecule has 1 aliphatic carbocycles. The molecule has 0 saturated heterocycles. The fourth-order valence-corrected chi connectivity index (χ4v) is 2.42. The highest BCUT2D eigenvalue weighted by atomic mass is 19.1. The Kier molecular flexibility index (Phi) is 3.06. The standard InChI is InChI=1S/C13H18FN/c1-3-15-12-7-10(8-12)13-5-4-11(14)6-9(13)2/h4-6,10,12,15H,3,7-8H2,1-2H3. The molecular weight excluding hydrogens is 189 g/mol. The third kappa shape index (κ3) is 2.20. The van der Waals surface area contributed by atoms with E-state index in [9.17, 15) is 4.39 Å². The van der Waals surface area contributed by atoms with Crippen molar-refractivity contribution in [1.29, 1.82) is 0 Å². The van der Waals surface area contributed by atoms with Gasteiger partial charge >= 0.3 is 0 Å². The Bertz CT molecular complexity index is 342. The van der Waals surface area contributed by atoms with E-state index in [4.69, 9.17) is 0 Å². The van der Waals surface area contributed by atoms with Gasteiger partial charge in [0.1, 0.15) is 5.82 Å². The van der Waals surface area contributed by atoms with E-state index in [1.54, 1.807) is 12.1 Å². The molecule has 0 aromatic heterocycles. The third-order valence-electron chi connectivity index (χ3n) is 3.30. The first kappa shape index (κ1) is 10.6. The molecule has 1 N–H and O–H groups in total. The van der Waals surface area contributed by atoms with Gasteiger partial charge in [-0.05, 0) is 55.5 Å². The Morgan fingerprint density at radius 3 is 2.73 bits per heavy atom. The number of aryl methyl sites for hydroxylation is 1. The zero-order valence-corrected chi connectivity index (χ0v) is 9.39. The second-order valence-electron chi connectivity index (χ2n) is 4.42. The summed E-state index contributed by atoms with van der Waals surface area (Å²) in [5.41, 5.74) is 2.42. The summed E-state index contributed by atoms with van der Waals surface area (Å²) < 4.78 is 12.9. The molecule has 0 radical (unpaired) electrons. The summed E-state index contributed by atoms with van der Waals surface area (Å²) in [5.74, 6) is 0.508. The zero-order chi connectivity index (χ0) is 10.8. The van der Waals surface area contributed by atoms with Gasteiger partial charge in [0.05, 0.1) is 0 Å². The van der Waals surface area contributed by atoms with Crippen molar-refractivity contribution in [2.45, 2.75) is 38.6 Å². The van der Waals surface area contributed by atoms with Crippen LogP contribution < -0.4 is 5.32 Å². The largest absolute Gasteiger partial charge is 0.314 e. The normalized spacial score (nSPS) is 25.0. The van der Waals surface area contributed by atoms with Gasteiger partial charge in [0, 0.05) is 6.04 Å². The Balaban J connectivity index is 2.01. The van der Waals surface area contributed by atoms with Crippen LogP contribution in [0, 0.1) is 12.7 Å². The van der Waals surface area contributed by atoms with E-state index in [-0.39, 0.29) is 5.82 Å². The summed E-state index contributed by atoms with van der Waals surface area (Å²) in [5, 5.41) is 3.44. The molecule has 2 heteroatoms. The summed E-state index contributed by atoms with van der Waals surface area (Å²) in [6, 6.07) is 5.82. The maximum Gasteiger partial charge on any atom is 0.123 e. The second-order valence-corrected chi connectivity index (χ2v) is 4.42. The van der Waals surface area contributed by atoms with Gasteiger partial charge in [0.25, 0.3) is 0 Å². The average Bonchev–Trinajstić information content (AvgIpc) is 2.12. The van der Waals surface area contributed by atoms with Gasteiger partial charge in [-0.3, -0.25) is 0 Å². The van der Waals surface area contributed by atoms with E-state index in [0.29, 0.717) is 12.0 Å². The van der Waals surface area contributed by atoms with E-state index < -0.39 is 0 Å². The molecule has 82 valence electrons. The van der Waals surface area contributed by atoms with Gasteiger partial charge < -0.3 is 5.32 Å². The van der Waals surface area contributed by atoms with Crippen LogP contribution in [-0.4, -0.2) is 12.6 Å². The summed E-state index contributed by atoms with van der Waals surface area (Å²) in [4.78, 5) is 0. The van der Waals surface area contributed by atoms with Crippen LogP contribution in [0.1, 0.15) is 36.8 Å². The molecule has 0 bridgehead atoms. The van der Waals surface area contributed by atoms with Crippen LogP contribution >= 0.6 is 0 Å². The van der Waals surface area contributed by atoms with Crippen molar-refractivity contribution in [3.05, 3.63) is 35.1 Å². The van der Waals surface area contributed by atoms with Crippen molar-refractivity contribution >= 4 is 0 Å². The van der Waals surface area contributed by atoms with Crippen LogP contribution in [0.5, 0.6) is 0 Å². The average molecular weight is 207 g/mol. The number of rotatable bonds is 3. The highest BCUT2D eigenvalue weighted by Gasteiger charge is 2.30. The molecular formula is C13H18FN. The summed E-state index contributed by atoms with van der Waals surface area (Å²) in [6.07, 6.45) is 2.39. The maximum atomic E-state index is 12.9. The Labute approximate surface area is 90.7 Å². The highest BCUT2D eigenvalue weighted by molar-refractivity contribution is 5.32. The SMILES string of the molecule is CCNC1CC(c2ccc(F)cc2C)C1. The zero-order valence-electron chi connectivity index (χ0n) is 9.39. The Hall–Kier alpha value is -0.890. The number of hydrogen-bond acceptors (Lipinski definition) is 1. The molecule has 0 spiro atoms. The molecule has 1 aromatic carbocycles. The predicted molar refractivity (Wildman–Crippen MR) is 60.6 cm³/mol. The lowest BCUT2D eigenvalue weighted by molar-refractivity contribution is 0.295. The monoisotopic (exact) mass is 207 g/mol. The van der Waals surface area contributed by atoms with E-state index >= 15 is 0 Å². The van der Waals surface area contributed by atoms with Crippen molar-refractivity contribution in [3.63, 3.8) is 0 Å². The van der Waals surface area contributed by atoms with Crippen molar-refractivity contribution in [1.82, 2.24) is 5.32 Å². The number of benzene rings is 1. The number of nitrogens with one attached hydrogen (secondary N) is 1. The van der Waals surface area contributed by atoms with Crippen LogP contribution in [0.3, 0.4) is 0 Å². The molecule has 0 heterocycles. The van der Waals surface area contributed by atoms with Crippen LogP contribution in [-0.2, 0) is 0 Å². The minimum atomic E-state index is -0.126. The molecule has 1 fully saturated rings. The minimum Gasteiger partial charge on any atom is -0.314 e. The lowest BCUT2D eigenvalue weighted by atomic mass is 9.74. The summed E-state index contributed by atoms with van der Waals surface area (Å²) >= 11 is 0. The molecule has 1 nitrogen and oxygen atoms in total. The maximum absolute atomic E-state index is 12.9. The molecule has 1 aliphatic rings. The molecule has 0 amide bonds. The highest BCUT2D eigenvalue weighted by Crippen LogP contribution is 2.38. The van der Waals surface area contributed by atoms with E-state index in [0.717, 1.165) is 12.1 Å². The molecule has 1 aromatic rings. The molecule has 0 unspecified atom stereocenters. The second kappa shape index (κ2) is 4.31. The Morgan fingerprint density at radius 1 is 1.40 bits per heavy atom. The summed E-state index contributed by atoms with van der Waals surface area (Å²) in [6.45, 7) is 5.18. The smallest absolute Gasteiger partial charge is 0.123 e. The van der Waals surface area contributed by atoms with E-state index in [1.807, 2.05) is 13.0 Å². The molecule has 15 heavy (non-hydrogen) atoms. The first-order valence-electron chi connectivity index (χ1n) is 5.70. The van der Waals surface area contributed by atoms with Crippen LogP contribution in [0.25, 0.3) is 0 Å². The quantitative estimate of drug-likeness (QED) is 0.803. The van der Waals surface area contributed by atoms with Crippen LogP contribution in [0.2, 0.25) is 0 Å². The number of halogens is 1. The fraction of sp³-hybridized carbons (Fsp3) is 0.538. The van der Waals surface area contributed by atoms with Crippen molar-refractivity contribution in [2.75, 3.05) is 6.54 Å².